The van der Waals surface area contributed by atoms with Crippen LogP contribution in [0, 0.1) is 0 Å². The Kier molecular flexibility index (Phi) is 18.6. The molecule has 28 heavy (non-hydrogen) atoms. The zero-order valence-corrected chi connectivity index (χ0v) is 18.7. The molecule has 0 aliphatic rings. The van der Waals surface area contributed by atoms with E-state index in [1.807, 2.05) is 64.5 Å². The number of aliphatic hydroxyl groups excluding tert-OH is 1. The predicted octanol–water partition coefficient (Wildman–Crippen LogP) is 1.25. The molecule has 0 fully saturated rings. The maximum Gasteiger partial charge on any atom is 0.333 e. The van der Waals surface area contributed by atoms with E-state index in [1.54, 1.807) is 13.0 Å². The van der Waals surface area contributed by atoms with Gasteiger partial charge in [0.1, 0.15) is 19.3 Å². The van der Waals surface area contributed by atoms with Crippen LogP contribution in [-0.4, -0.2) is 56.0 Å². The van der Waals surface area contributed by atoms with Gasteiger partial charge in [-0.05, 0) is 19.4 Å². The normalized spacial score (nSPS) is 10.4. The van der Waals surface area contributed by atoms with Crippen LogP contribution in [0.1, 0.15) is 19.4 Å². The van der Waals surface area contributed by atoms with Crippen molar-refractivity contribution in [2.75, 3.05) is 34.3 Å². The molecule has 0 aliphatic carbocycles. The molecular weight excluding hydrogens is 374 g/mol. The van der Waals surface area contributed by atoms with Gasteiger partial charge >= 0.3 is 5.97 Å². The third-order valence-corrected chi connectivity index (χ3v) is 2.90. The van der Waals surface area contributed by atoms with E-state index in [1.165, 1.54) is 5.56 Å². The SMILES string of the molecule is C=C(C)C(=O)OCC(O)C[N+](C)(C)C.C=CC(=C)C.C=Cc1ccccc1.[Cl-]. The second-order valence-electron chi connectivity index (χ2n) is 7.17. The number of allylic oxidation sites excluding steroid dienone is 2. The molecule has 0 heterocycles. The summed E-state index contributed by atoms with van der Waals surface area (Å²) in [7, 11) is 5.89. The first kappa shape index (κ1) is 30.6. The molecule has 0 saturated carbocycles. The first-order chi connectivity index (χ1) is 12.4. The molecule has 1 aromatic carbocycles. The van der Waals surface area contributed by atoms with Crippen molar-refractivity contribution in [3.63, 3.8) is 0 Å². The molecule has 1 unspecified atom stereocenters. The summed E-state index contributed by atoms with van der Waals surface area (Å²) in [5.74, 6) is -0.453. The molecule has 158 valence electrons. The minimum atomic E-state index is -0.627. The number of halogens is 1. The minimum absolute atomic E-state index is 0. The molecule has 0 saturated heterocycles. The standard InChI is InChI=1S/C10H20NO3.C8H8.C5H8.ClH/c1-8(2)10(13)14-7-9(12)6-11(3,4)5;1-2-8-6-4-3-5-7-8;1-4-5(2)3;/h9,12H,1,6-7H2,2-5H3;2-7H,1H2;4H,1-2H2,3H3;1H/q+1;;;/p-1. The molecule has 5 heteroatoms. The van der Waals surface area contributed by atoms with Gasteiger partial charge in [-0.15, -0.1) is 0 Å². The molecule has 1 atom stereocenters. The molecule has 0 amide bonds. The van der Waals surface area contributed by atoms with Gasteiger partial charge in [0.25, 0.3) is 0 Å². The largest absolute Gasteiger partial charge is 1.00 e. The van der Waals surface area contributed by atoms with E-state index in [0.717, 1.165) is 5.57 Å². The van der Waals surface area contributed by atoms with E-state index < -0.39 is 12.1 Å². The molecular formula is C23H36ClNO3. The first-order valence-corrected chi connectivity index (χ1v) is 8.69. The first-order valence-electron chi connectivity index (χ1n) is 8.69. The van der Waals surface area contributed by atoms with Crippen molar-refractivity contribution in [3.05, 3.63) is 79.4 Å². The Bertz CT molecular complexity index is 604. The highest BCUT2D eigenvalue weighted by Crippen LogP contribution is 1.99. The summed E-state index contributed by atoms with van der Waals surface area (Å²) >= 11 is 0. The third kappa shape index (κ3) is 21.9. The van der Waals surface area contributed by atoms with Crippen molar-refractivity contribution >= 4 is 12.0 Å². The van der Waals surface area contributed by atoms with Gasteiger partial charge in [-0.3, -0.25) is 0 Å². The van der Waals surface area contributed by atoms with Crippen LogP contribution >= 0.6 is 0 Å². The summed E-state index contributed by atoms with van der Waals surface area (Å²) in [5, 5.41) is 9.49. The summed E-state index contributed by atoms with van der Waals surface area (Å²) in [6.07, 6.45) is 2.93. The van der Waals surface area contributed by atoms with E-state index >= 15 is 0 Å². The van der Waals surface area contributed by atoms with Gasteiger partial charge < -0.3 is 26.7 Å². The number of ether oxygens (including phenoxy) is 1. The molecule has 0 bridgehead atoms. The fourth-order valence-corrected chi connectivity index (χ4v) is 1.57. The highest BCUT2D eigenvalue weighted by molar-refractivity contribution is 5.86. The van der Waals surface area contributed by atoms with Gasteiger partial charge in [0, 0.05) is 5.57 Å². The van der Waals surface area contributed by atoms with Gasteiger partial charge in [-0.2, -0.15) is 0 Å². The van der Waals surface area contributed by atoms with E-state index in [4.69, 9.17) is 4.74 Å². The smallest absolute Gasteiger partial charge is 0.333 e. The van der Waals surface area contributed by atoms with Crippen molar-refractivity contribution in [1.82, 2.24) is 0 Å². The van der Waals surface area contributed by atoms with Gasteiger partial charge in [0.2, 0.25) is 0 Å². The number of benzene rings is 1. The van der Waals surface area contributed by atoms with Crippen LogP contribution in [-0.2, 0) is 9.53 Å². The number of hydrogen-bond donors (Lipinski definition) is 1. The van der Waals surface area contributed by atoms with E-state index in [0.29, 0.717) is 16.6 Å². The number of likely N-dealkylation sites (N-methyl/N-ethyl adjacent to an activating group) is 1. The van der Waals surface area contributed by atoms with Crippen LogP contribution in [0.25, 0.3) is 6.08 Å². The lowest BCUT2D eigenvalue weighted by Crippen LogP contribution is -3.00. The maximum absolute atomic E-state index is 11.0. The van der Waals surface area contributed by atoms with Crippen molar-refractivity contribution in [1.29, 1.82) is 0 Å². The second-order valence-corrected chi connectivity index (χ2v) is 7.17. The lowest BCUT2D eigenvalue weighted by atomic mass is 10.2. The number of esters is 1. The van der Waals surface area contributed by atoms with Crippen molar-refractivity contribution in [2.45, 2.75) is 20.0 Å². The topological polar surface area (TPSA) is 46.5 Å². The predicted molar refractivity (Wildman–Crippen MR) is 116 cm³/mol. The van der Waals surface area contributed by atoms with Crippen LogP contribution < -0.4 is 12.4 Å². The monoisotopic (exact) mass is 409 g/mol. The second kappa shape index (κ2) is 17.0. The van der Waals surface area contributed by atoms with Gasteiger partial charge in [-0.1, -0.05) is 74.4 Å². The number of aliphatic hydroxyl groups is 1. The molecule has 1 N–H and O–H groups in total. The Hall–Kier alpha value is -2.14. The summed E-state index contributed by atoms with van der Waals surface area (Å²) in [6, 6.07) is 10.0. The molecule has 0 spiro atoms. The van der Waals surface area contributed by atoms with Crippen LogP contribution in [0.4, 0.5) is 0 Å². The molecule has 0 radical (unpaired) electrons. The van der Waals surface area contributed by atoms with Crippen molar-refractivity contribution in [3.8, 4) is 0 Å². The summed E-state index contributed by atoms with van der Waals surface area (Å²) < 4.78 is 5.44. The lowest BCUT2D eigenvalue weighted by molar-refractivity contribution is -0.873. The number of nitrogens with zero attached hydrogens (tertiary/aromatic N) is 1. The Morgan fingerprint density at radius 2 is 1.61 bits per heavy atom. The zero-order valence-electron chi connectivity index (χ0n) is 18.0. The lowest BCUT2D eigenvalue weighted by Gasteiger charge is -2.26. The Morgan fingerprint density at radius 1 is 1.14 bits per heavy atom. The molecule has 0 aliphatic heterocycles. The zero-order chi connectivity index (χ0) is 21.5. The van der Waals surface area contributed by atoms with Crippen LogP contribution in [0.2, 0.25) is 0 Å². The Morgan fingerprint density at radius 3 is 1.89 bits per heavy atom. The summed E-state index contributed by atoms with van der Waals surface area (Å²) in [5.41, 5.74) is 2.54. The average Bonchev–Trinajstić information content (AvgIpc) is 2.59. The van der Waals surface area contributed by atoms with Crippen molar-refractivity contribution in [2.24, 2.45) is 0 Å². The van der Waals surface area contributed by atoms with Crippen LogP contribution in [0.3, 0.4) is 0 Å². The van der Waals surface area contributed by atoms with Crippen LogP contribution in [0.15, 0.2) is 73.9 Å². The van der Waals surface area contributed by atoms with Gasteiger partial charge in [0.05, 0.1) is 21.1 Å². The Labute approximate surface area is 177 Å². The van der Waals surface area contributed by atoms with Gasteiger partial charge in [-0.25, -0.2) is 4.79 Å². The number of quaternary nitrogens is 1. The van der Waals surface area contributed by atoms with Crippen LogP contribution in [0.5, 0.6) is 0 Å². The van der Waals surface area contributed by atoms with Crippen molar-refractivity contribution < 1.29 is 31.5 Å². The number of rotatable bonds is 7. The quantitative estimate of drug-likeness (QED) is 0.319. The number of hydrogen-bond acceptors (Lipinski definition) is 3. The van der Waals surface area contributed by atoms with E-state index in [2.05, 4.69) is 26.3 Å². The summed E-state index contributed by atoms with van der Waals surface area (Å²) in [6.45, 7) is 18.2. The maximum atomic E-state index is 11.0. The average molecular weight is 410 g/mol. The van der Waals surface area contributed by atoms with Gasteiger partial charge in [0.15, 0.2) is 0 Å². The number of carbonyl (C=O) groups excluding carboxylic acids is 1. The molecule has 0 aromatic heterocycles. The Balaban J connectivity index is -0.000000376. The molecule has 4 nitrogen and oxygen atoms in total. The molecule has 1 rings (SSSR count). The van der Waals surface area contributed by atoms with E-state index in [9.17, 15) is 9.90 Å². The highest BCUT2D eigenvalue weighted by atomic mass is 35.5. The van der Waals surface area contributed by atoms with E-state index in [-0.39, 0.29) is 19.0 Å². The molecule has 1 aromatic rings. The summed E-state index contributed by atoms with van der Waals surface area (Å²) in [4.78, 5) is 11.0. The number of carbonyl (C=O) groups is 1. The highest BCUT2D eigenvalue weighted by Gasteiger charge is 2.17. The fraction of sp³-hybridized carbons (Fsp3) is 0.348. The minimum Gasteiger partial charge on any atom is -1.00 e. The third-order valence-electron chi connectivity index (χ3n) is 2.90. The fourth-order valence-electron chi connectivity index (χ4n) is 1.57.